The number of piperazine rings is 1. The van der Waals surface area contributed by atoms with Gasteiger partial charge < -0.3 is 9.32 Å². The van der Waals surface area contributed by atoms with E-state index in [2.05, 4.69) is 40.9 Å². The first-order valence-electron chi connectivity index (χ1n) is 13.9. The van der Waals surface area contributed by atoms with Gasteiger partial charge in [0, 0.05) is 55.9 Å². The quantitative estimate of drug-likeness (QED) is 0.269. The van der Waals surface area contributed by atoms with Crippen LogP contribution in [0, 0.1) is 0 Å². The number of nitrogens with zero attached hydrogens (tertiary/aromatic N) is 8. The highest BCUT2D eigenvalue weighted by Gasteiger charge is 2.35. The van der Waals surface area contributed by atoms with Gasteiger partial charge in [0.15, 0.2) is 11.4 Å². The number of alkyl halides is 2. The van der Waals surface area contributed by atoms with E-state index < -0.39 is 12.6 Å². The molecule has 0 unspecified atom stereocenters. The fourth-order valence-corrected chi connectivity index (χ4v) is 5.36. The minimum absolute atomic E-state index is 0.217. The van der Waals surface area contributed by atoms with Crippen LogP contribution in [0.15, 0.2) is 95.0 Å². The number of amides is 1. The lowest BCUT2D eigenvalue weighted by molar-refractivity contribution is -0.0715. The van der Waals surface area contributed by atoms with E-state index in [1.807, 2.05) is 48.5 Å². The zero-order valence-corrected chi connectivity index (χ0v) is 23.2. The van der Waals surface area contributed by atoms with Crippen LogP contribution in [0.1, 0.15) is 22.1 Å². The molecular weight excluding hydrogens is 570 g/mol. The smallest absolute Gasteiger partial charge is 0.329 e. The van der Waals surface area contributed by atoms with E-state index in [0.717, 1.165) is 16.8 Å². The molecule has 5 heterocycles. The molecule has 0 saturated carbocycles. The Labute approximate surface area is 250 Å². The van der Waals surface area contributed by atoms with E-state index >= 15 is 0 Å². The zero-order chi connectivity index (χ0) is 30.0. The monoisotopic (exact) mass is 596 g/mol. The van der Waals surface area contributed by atoms with Crippen LogP contribution in [0.4, 0.5) is 8.78 Å². The number of nitrogens with one attached hydrogen (secondary N) is 2. The molecule has 7 rings (SSSR count). The standard InChI is InChI=1S/C30H26F2N10O2/c31-30(32)42-38-27(37-39-42)26(19-4-2-1-3-5-19)40-12-14-41(15-13-40)29(43)23-17-21(8-9-34-23)28-36-22-16-20(6-7-25(22)44-28)24-18-33-10-11-35-24/h1-11,16-18,26,30,39H,12-15H2,(H,37,38)/t26-/m1/s1. The fourth-order valence-electron chi connectivity index (χ4n) is 5.36. The molecule has 0 bridgehead atoms. The number of hydrogen-bond acceptors (Lipinski definition) is 11. The van der Waals surface area contributed by atoms with Crippen molar-refractivity contribution in [3.63, 3.8) is 0 Å². The number of benzene rings is 2. The third-order valence-electron chi connectivity index (χ3n) is 7.52. The number of halogens is 2. The maximum Gasteiger partial charge on any atom is 0.329 e. The van der Waals surface area contributed by atoms with E-state index in [-0.39, 0.29) is 11.6 Å². The van der Waals surface area contributed by atoms with Crippen molar-refractivity contribution in [2.75, 3.05) is 26.2 Å². The number of oxazole rings is 1. The van der Waals surface area contributed by atoms with E-state index in [4.69, 9.17) is 4.42 Å². The number of hydrazine groups is 2. The molecule has 222 valence electrons. The minimum atomic E-state index is -2.78. The zero-order valence-electron chi connectivity index (χ0n) is 23.2. The van der Waals surface area contributed by atoms with Crippen LogP contribution in [-0.2, 0) is 0 Å². The van der Waals surface area contributed by atoms with Gasteiger partial charge in [0.2, 0.25) is 5.89 Å². The summed E-state index contributed by atoms with van der Waals surface area (Å²) in [6.07, 6.45) is 6.50. The van der Waals surface area contributed by atoms with Gasteiger partial charge in [-0.2, -0.15) is 8.78 Å². The summed E-state index contributed by atoms with van der Waals surface area (Å²) in [6.45, 7) is -0.941. The van der Waals surface area contributed by atoms with Gasteiger partial charge in [-0.15, -0.1) is 5.10 Å². The summed E-state index contributed by atoms with van der Waals surface area (Å²) >= 11 is 0. The Kier molecular flexibility index (Phi) is 7.33. The maximum absolute atomic E-state index is 13.5. The maximum atomic E-state index is 13.5. The molecular formula is C30H26F2N10O2. The van der Waals surface area contributed by atoms with Gasteiger partial charge in [-0.25, -0.2) is 10.5 Å². The SMILES string of the molecule is O=C(c1cc(-c2nc3cc(-c4cnccn4)ccc3o2)ccn1)N1CCN([C@@H](C2=NNN(C(F)F)N2)c2ccccc2)CC1. The van der Waals surface area contributed by atoms with Crippen molar-refractivity contribution < 1.29 is 18.0 Å². The fraction of sp³-hybridized carbons (Fsp3) is 0.200. The molecule has 1 amide bonds. The Morgan fingerprint density at radius 1 is 0.909 bits per heavy atom. The Morgan fingerprint density at radius 3 is 2.50 bits per heavy atom. The molecule has 2 aliphatic rings. The number of rotatable bonds is 7. The van der Waals surface area contributed by atoms with Gasteiger partial charge in [-0.05, 0) is 35.9 Å². The summed E-state index contributed by atoms with van der Waals surface area (Å²) in [5.41, 5.74) is 9.64. The minimum Gasteiger partial charge on any atom is -0.436 e. The van der Waals surface area contributed by atoms with Crippen LogP contribution in [0.25, 0.3) is 33.8 Å². The molecule has 44 heavy (non-hydrogen) atoms. The molecule has 14 heteroatoms. The van der Waals surface area contributed by atoms with Crippen molar-refractivity contribution in [3.8, 4) is 22.7 Å². The normalized spacial score (nSPS) is 16.5. The molecule has 1 fully saturated rings. The molecule has 12 nitrogen and oxygen atoms in total. The third kappa shape index (κ3) is 5.43. The van der Waals surface area contributed by atoms with Crippen LogP contribution in [0.2, 0.25) is 0 Å². The summed E-state index contributed by atoms with van der Waals surface area (Å²) in [6, 6.07) is 18.2. The summed E-state index contributed by atoms with van der Waals surface area (Å²) in [5, 5.41) is 4.67. The average molecular weight is 597 g/mol. The highest BCUT2D eigenvalue weighted by Crippen LogP contribution is 2.29. The molecule has 2 N–H and O–H groups in total. The first-order chi connectivity index (χ1) is 21.5. The Morgan fingerprint density at radius 2 is 1.75 bits per heavy atom. The van der Waals surface area contributed by atoms with Crippen LogP contribution in [0.3, 0.4) is 0 Å². The van der Waals surface area contributed by atoms with Crippen molar-refractivity contribution >= 4 is 22.8 Å². The van der Waals surface area contributed by atoms with E-state index in [0.29, 0.717) is 59.7 Å². The molecule has 0 radical (unpaired) electrons. The Hall–Kier alpha value is -5.34. The second-order valence-corrected chi connectivity index (χ2v) is 10.2. The first kappa shape index (κ1) is 27.5. The number of hydrazone groups is 1. The third-order valence-corrected chi connectivity index (χ3v) is 7.52. The van der Waals surface area contributed by atoms with Gasteiger partial charge in [-0.1, -0.05) is 35.4 Å². The van der Waals surface area contributed by atoms with Gasteiger partial charge in [0.05, 0.1) is 17.9 Å². The van der Waals surface area contributed by atoms with Crippen molar-refractivity contribution in [2.45, 2.75) is 12.6 Å². The van der Waals surface area contributed by atoms with Crippen molar-refractivity contribution in [2.24, 2.45) is 5.10 Å². The largest absolute Gasteiger partial charge is 0.436 e. The van der Waals surface area contributed by atoms with E-state index in [1.54, 1.807) is 41.8 Å². The number of carbonyl (C=O) groups excluding carboxylic acids is 1. The lowest BCUT2D eigenvalue weighted by Gasteiger charge is -2.39. The van der Waals surface area contributed by atoms with Gasteiger partial charge in [-0.3, -0.25) is 30.1 Å². The summed E-state index contributed by atoms with van der Waals surface area (Å²) < 4.78 is 32.5. The lowest BCUT2D eigenvalue weighted by Crippen LogP contribution is -2.53. The predicted octanol–water partition coefficient (Wildman–Crippen LogP) is 3.71. The van der Waals surface area contributed by atoms with Gasteiger partial charge in [0.25, 0.3) is 5.91 Å². The van der Waals surface area contributed by atoms with Crippen molar-refractivity contribution in [3.05, 3.63) is 96.7 Å². The van der Waals surface area contributed by atoms with Crippen LogP contribution in [0.5, 0.6) is 0 Å². The van der Waals surface area contributed by atoms with E-state index in [1.165, 1.54) is 0 Å². The molecule has 3 aromatic heterocycles. The van der Waals surface area contributed by atoms with Crippen LogP contribution < -0.4 is 11.0 Å². The molecule has 0 aliphatic carbocycles. The number of aromatic nitrogens is 4. The average Bonchev–Trinajstić information content (AvgIpc) is 3.74. The second-order valence-electron chi connectivity index (χ2n) is 10.2. The summed E-state index contributed by atoms with van der Waals surface area (Å²) in [4.78, 5) is 34.8. The van der Waals surface area contributed by atoms with Crippen molar-refractivity contribution in [1.29, 1.82) is 0 Å². The molecule has 2 aliphatic heterocycles. The second kappa shape index (κ2) is 11.7. The highest BCUT2D eigenvalue weighted by molar-refractivity contribution is 5.94. The molecule has 1 atom stereocenters. The Balaban J connectivity index is 1.06. The number of amidine groups is 1. The topological polar surface area (TPSA) is 128 Å². The van der Waals surface area contributed by atoms with Crippen LogP contribution >= 0.6 is 0 Å². The number of pyridine rings is 1. The molecule has 5 aromatic rings. The summed E-state index contributed by atoms with van der Waals surface area (Å²) in [7, 11) is 0. The molecule has 0 spiro atoms. The predicted molar refractivity (Wildman–Crippen MR) is 156 cm³/mol. The van der Waals surface area contributed by atoms with Gasteiger partial charge in [0.1, 0.15) is 11.2 Å². The summed E-state index contributed by atoms with van der Waals surface area (Å²) in [5.74, 6) is 0.512. The van der Waals surface area contributed by atoms with Crippen LogP contribution in [-0.4, -0.2) is 79.3 Å². The molecule has 2 aromatic carbocycles. The number of carbonyl (C=O) groups is 1. The van der Waals surface area contributed by atoms with Gasteiger partial charge >= 0.3 is 6.55 Å². The van der Waals surface area contributed by atoms with E-state index in [9.17, 15) is 13.6 Å². The Bertz CT molecular complexity index is 1810. The number of fused-ring (bicyclic) bond motifs is 1. The lowest BCUT2D eigenvalue weighted by atomic mass is 10.0. The highest BCUT2D eigenvalue weighted by atomic mass is 19.3. The molecule has 1 saturated heterocycles. The first-order valence-corrected chi connectivity index (χ1v) is 13.9. The number of hydrogen-bond donors (Lipinski definition) is 2. The van der Waals surface area contributed by atoms with Crippen molar-refractivity contribution in [1.82, 2.24) is 45.8 Å².